The van der Waals surface area contributed by atoms with Gasteiger partial charge in [0.15, 0.2) is 0 Å². The molecule has 4 aromatic rings. The van der Waals surface area contributed by atoms with Crippen LogP contribution in [0.2, 0.25) is 0 Å². The summed E-state index contributed by atoms with van der Waals surface area (Å²) < 4.78 is 20.2. The number of methoxy groups -OCH3 is 1. The summed E-state index contributed by atoms with van der Waals surface area (Å²) >= 11 is 0. The van der Waals surface area contributed by atoms with Gasteiger partial charge >= 0.3 is 5.97 Å². The van der Waals surface area contributed by atoms with Gasteiger partial charge in [-0.1, -0.05) is 109 Å². The lowest BCUT2D eigenvalue weighted by atomic mass is 9.66. The van der Waals surface area contributed by atoms with Crippen LogP contribution in [-0.2, 0) is 10.2 Å². The molecule has 1 N–H and O–H groups in total. The van der Waals surface area contributed by atoms with Gasteiger partial charge in [0.05, 0.1) is 12.5 Å². The minimum absolute atomic E-state index is 0.609. The molecule has 0 aliphatic carbocycles. The van der Waals surface area contributed by atoms with Crippen molar-refractivity contribution in [3.63, 3.8) is 0 Å². The molecule has 0 bridgehead atoms. The molecule has 0 aliphatic heterocycles. The first-order valence-electron chi connectivity index (χ1n) is 10.2. The Bertz CT molecular complexity index is 988. The van der Waals surface area contributed by atoms with Crippen molar-refractivity contribution < 1.29 is 19.0 Å². The van der Waals surface area contributed by atoms with Gasteiger partial charge in [-0.25, -0.2) is 9.18 Å². The number of aliphatic carboxylic acids is 1. The molecule has 0 saturated heterocycles. The third-order valence-electron chi connectivity index (χ3n) is 5.26. The van der Waals surface area contributed by atoms with Gasteiger partial charge in [-0.05, 0) is 28.8 Å². The molecule has 4 heteroatoms. The van der Waals surface area contributed by atoms with Gasteiger partial charge in [0, 0.05) is 0 Å². The Morgan fingerprint density at radius 1 is 0.688 bits per heavy atom. The van der Waals surface area contributed by atoms with Gasteiger partial charge in [0.25, 0.3) is 0 Å². The average molecular weight is 429 g/mol. The highest BCUT2D eigenvalue weighted by molar-refractivity contribution is 5.78. The molecule has 0 amide bonds. The SMILES string of the molecule is COc1ccccc1.O=C(O)C(F)C(c1ccccc1)(c1ccccc1)c1ccccc1. The molecule has 0 heterocycles. The summed E-state index contributed by atoms with van der Waals surface area (Å²) in [6.45, 7) is 0. The minimum Gasteiger partial charge on any atom is -0.497 e. The fraction of sp³-hybridized carbons (Fsp3) is 0.107. The lowest BCUT2D eigenvalue weighted by Crippen LogP contribution is -2.44. The molecule has 32 heavy (non-hydrogen) atoms. The minimum atomic E-state index is -2.12. The standard InChI is InChI=1S/C21H17FO2.C7H8O/c22-19(20(23)24)21(16-10-4-1-5-11-16,17-12-6-2-7-13-17)18-14-8-3-9-15-18;1-8-7-5-3-2-4-6-7/h1-15,19H,(H,23,24);2-6H,1H3. The van der Waals surface area contributed by atoms with Crippen molar-refractivity contribution in [3.8, 4) is 5.75 Å². The summed E-state index contributed by atoms with van der Waals surface area (Å²) in [5, 5.41) is 9.53. The molecule has 0 radical (unpaired) electrons. The summed E-state index contributed by atoms with van der Waals surface area (Å²) in [6.07, 6.45) is -2.12. The first-order valence-corrected chi connectivity index (χ1v) is 10.2. The maximum absolute atomic E-state index is 15.3. The molecule has 1 unspecified atom stereocenters. The monoisotopic (exact) mass is 428 g/mol. The molecule has 4 rings (SSSR count). The largest absolute Gasteiger partial charge is 0.497 e. The summed E-state index contributed by atoms with van der Waals surface area (Å²) in [7, 11) is 1.66. The number of hydrogen-bond donors (Lipinski definition) is 1. The zero-order valence-electron chi connectivity index (χ0n) is 17.8. The fourth-order valence-electron chi connectivity index (χ4n) is 3.78. The van der Waals surface area contributed by atoms with Crippen molar-refractivity contribution in [2.24, 2.45) is 0 Å². The topological polar surface area (TPSA) is 46.5 Å². The van der Waals surface area contributed by atoms with Gasteiger partial charge in [0.1, 0.15) is 5.75 Å². The van der Waals surface area contributed by atoms with Gasteiger partial charge in [-0.2, -0.15) is 0 Å². The lowest BCUT2D eigenvalue weighted by Gasteiger charge is -2.36. The summed E-state index contributed by atoms with van der Waals surface area (Å²) in [6, 6.07) is 36.6. The smallest absolute Gasteiger partial charge is 0.339 e. The van der Waals surface area contributed by atoms with Crippen LogP contribution >= 0.6 is 0 Å². The molecule has 162 valence electrons. The van der Waals surface area contributed by atoms with Crippen LogP contribution < -0.4 is 4.74 Å². The summed E-state index contributed by atoms with van der Waals surface area (Å²) in [4.78, 5) is 11.7. The van der Waals surface area contributed by atoms with Crippen LogP contribution in [-0.4, -0.2) is 24.4 Å². The van der Waals surface area contributed by atoms with E-state index in [-0.39, 0.29) is 0 Å². The number of rotatable bonds is 6. The first kappa shape index (κ1) is 22.8. The number of carbonyl (C=O) groups is 1. The number of alkyl halides is 1. The van der Waals surface area contributed by atoms with Crippen molar-refractivity contribution in [2.75, 3.05) is 7.11 Å². The van der Waals surface area contributed by atoms with Crippen molar-refractivity contribution >= 4 is 5.97 Å². The van der Waals surface area contributed by atoms with E-state index in [0.717, 1.165) is 5.75 Å². The van der Waals surface area contributed by atoms with Crippen LogP contribution in [0.4, 0.5) is 4.39 Å². The Hall–Kier alpha value is -3.92. The second-order valence-corrected chi connectivity index (χ2v) is 7.12. The number of halogens is 1. The highest BCUT2D eigenvalue weighted by Crippen LogP contribution is 2.43. The number of hydrogen-bond acceptors (Lipinski definition) is 2. The highest BCUT2D eigenvalue weighted by atomic mass is 19.1. The molecule has 1 atom stereocenters. The Kier molecular flexibility index (Phi) is 7.76. The zero-order chi connectivity index (χ0) is 22.8. The Balaban J connectivity index is 0.000000305. The fourth-order valence-corrected chi connectivity index (χ4v) is 3.78. The number of benzene rings is 4. The van der Waals surface area contributed by atoms with Crippen LogP contribution in [0.25, 0.3) is 0 Å². The Morgan fingerprint density at radius 2 is 1.00 bits per heavy atom. The van der Waals surface area contributed by atoms with E-state index in [1.54, 1.807) is 79.9 Å². The van der Waals surface area contributed by atoms with Gasteiger partial charge in [-0.3, -0.25) is 0 Å². The molecular formula is C28H25FO3. The maximum atomic E-state index is 15.3. The van der Waals surface area contributed by atoms with E-state index in [4.69, 9.17) is 4.74 Å². The molecule has 4 aromatic carbocycles. The molecule has 0 fully saturated rings. The Morgan fingerprint density at radius 3 is 1.25 bits per heavy atom. The van der Waals surface area contributed by atoms with Crippen LogP contribution in [0.3, 0.4) is 0 Å². The third kappa shape index (κ3) is 4.86. The first-order chi connectivity index (χ1) is 15.6. The van der Waals surface area contributed by atoms with Gasteiger partial charge < -0.3 is 9.84 Å². The van der Waals surface area contributed by atoms with E-state index < -0.39 is 17.6 Å². The van der Waals surface area contributed by atoms with E-state index in [1.165, 1.54) is 0 Å². The van der Waals surface area contributed by atoms with Gasteiger partial charge in [-0.15, -0.1) is 0 Å². The zero-order valence-corrected chi connectivity index (χ0v) is 17.8. The van der Waals surface area contributed by atoms with Crippen LogP contribution in [0.5, 0.6) is 5.75 Å². The number of carboxylic acid groups (broad SMARTS) is 1. The predicted molar refractivity (Wildman–Crippen MR) is 125 cm³/mol. The van der Waals surface area contributed by atoms with Crippen LogP contribution in [0, 0.1) is 0 Å². The Labute approximate surface area is 187 Å². The summed E-state index contributed by atoms with van der Waals surface area (Å²) in [5.41, 5.74) is 0.419. The lowest BCUT2D eigenvalue weighted by molar-refractivity contribution is -0.144. The van der Waals surface area contributed by atoms with E-state index in [2.05, 4.69) is 0 Å². The van der Waals surface area contributed by atoms with Gasteiger partial charge in [0.2, 0.25) is 6.17 Å². The van der Waals surface area contributed by atoms with Crippen LogP contribution in [0.15, 0.2) is 121 Å². The average Bonchev–Trinajstić information content (AvgIpc) is 2.87. The van der Waals surface area contributed by atoms with Crippen molar-refractivity contribution in [2.45, 2.75) is 11.6 Å². The second kappa shape index (κ2) is 10.9. The normalized spacial score (nSPS) is 11.6. The van der Waals surface area contributed by atoms with E-state index >= 15 is 4.39 Å². The van der Waals surface area contributed by atoms with E-state index in [1.807, 2.05) is 48.5 Å². The molecule has 3 nitrogen and oxygen atoms in total. The van der Waals surface area contributed by atoms with Crippen molar-refractivity contribution in [1.82, 2.24) is 0 Å². The molecular weight excluding hydrogens is 403 g/mol. The third-order valence-corrected chi connectivity index (χ3v) is 5.26. The van der Waals surface area contributed by atoms with E-state index in [9.17, 15) is 9.90 Å². The molecule has 0 saturated carbocycles. The highest BCUT2D eigenvalue weighted by Gasteiger charge is 2.48. The molecule has 0 aliphatic rings. The number of ether oxygens (including phenoxy) is 1. The number of para-hydroxylation sites is 1. The number of carboxylic acids is 1. The van der Waals surface area contributed by atoms with Crippen molar-refractivity contribution in [3.05, 3.63) is 138 Å². The predicted octanol–water partition coefficient (Wildman–Crippen LogP) is 6.14. The maximum Gasteiger partial charge on any atom is 0.339 e. The quantitative estimate of drug-likeness (QED) is 0.375. The summed E-state index contributed by atoms with van der Waals surface area (Å²) in [5.74, 6) is -0.570. The van der Waals surface area contributed by atoms with Crippen molar-refractivity contribution in [1.29, 1.82) is 0 Å². The molecule has 0 aromatic heterocycles. The second-order valence-electron chi connectivity index (χ2n) is 7.12. The molecule has 0 spiro atoms. The van der Waals surface area contributed by atoms with Crippen LogP contribution in [0.1, 0.15) is 16.7 Å². The van der Waals surface area contributed by atoms with E-state index in [0.29, 0.717) is 16.7 Å².